The second kappa shape index (κ2) is 5.22. The van der Waals surface area contributed by atoms with Gasteiger partial charge in [0.1, 0.15) is 11.1 Å². The van der Waals surface area contributed by atoms with Crippen LogP contribution in [0, 0.1) is 0 Å². The summed E-state index contributed by atoms with van der Waals surface area (Å²) < 4.78 is 17.8. The lowest BCUT2D eigenvalue weighted by Gasteiger charge is -2.08. The predicted octanol–water partition coefficient (Wildman–Crippen LogP) is 1.80. The van der Waals surface area contributed by atoms with Crippen LogP contribution < -0.4 is 0 Å². The van der Waals surface area contributed by atoms with Crippen molar-refractivity contribution in [1.29, 1.82) is 0 Å². The number of esters is 1. The highest BCUT2D eigenvalue weighted by atomic mass is 16.7. The lowest BCUT2D eigenvalue weighted by atomic mass is 10.2. The maximum atomic E-state index is 12.0. The van der Waals surface area contributed by atoms with E-state index in [1.807, 2.05) is 23.7 Å². The van der Waals surface area contributed by atoms with E-state index in [1.165, 1.54) is 0 Å². The Bertz CT molecular complexity index is 644. The molecule has 1 aliphatic rings. The quantitative estimate of drug-likeness (QED) is 0.800. The van der Waals surface area contributed by atoms with Gasteiger partial charge in [-0.3, -0.25) is 0 Å². The number of aromatic nitrogens is 2. The molecule has 0 saturated carbocycles. The minimum atomic E-state index is -0.449. The maximum Gasteiger partial charge on any atom is 0.341 e. The van der Waals surface area contributed by atoms with Crippen LogP contribution in [-0.2, 0) is 21.3 Å². The van der Waals surface area contributed by atoms with Crippen LogP contribution >= 0.6 is 0 Å². The van der Waals surface area contributed by atoms with Crippen molar-refractivity contribution in [2.45, 2.75) is 13.2 Å². The summed E-state index contributed by atoms with van der Waals surface area (Å²) >= 11 is 0. The van der Waals surface area contributed by atoms with Crippen molar-refractivity contribution >= 4 is 17.0 Å². The van der Waals surface area contributed by atoms with Gasteiger partial charge in [-0.05, 0) is 19.1 Å². The van der Waals surface area contributed by atoms with Crippen LogP contribution in [-0.4, -0.2) is 35.3 Å². The summed E-state index contributed by atoms with van der Waals surface area (Å²) in [6, 6.07) is 3.76. The third kappa shape index (κ3) is 2.17. The Hall–Kier alpha value is -1.92. The van der Waals surface area contributed by atoms with E-state index in [0.717, 1.165) is 5.52 Å². The van der Waals surface area contributed by atoms with Crippen molar-refractivity contribution < 1.29 is 19.0 Å². The van der Waals surface area contributed by atoms with Gasteiger partial charge in [-0.15, -0.1) is 0 Å². The second-order valence-corrected chi connectivity index (χ2v) is 4.55. The molecule has 2 aromatic rings. The number of rotatable bonds is 3. The van der Waals surface area contributed by atoms with Crippen LogP contribution in [0.3, 0.4) is 0 Å². The van der Waals surface area contributed by atoms with Crippen molar-refractivity contribution in [2.24, 2.45) is 7.05 Å². The number of aryl methyl sites for hydroxylation is 1. The average molecular weight is 276 g/mol. The Morgan fingerprint density at radius 3 is 2.90 bits per heavy atom. The van der Waals surface area contributed by atoms with E-state index in [2.05, 4.69) is 4.98 Å². The number of carbonyl (C=O) groups excluding carboxylic acids is 1. The smallest absolute Gasteiger partial charge is 0.341 e. The van der Waals surface area contributed by atoms with Crippen molar-refractivity contribution in [3.05, 3.63) is 29.6 Å². The van der Waals surface area contributed by atoms with E-state index in [0.29, 0.717) is 36.6 Å². The third-order valence-electron chi connectivity index (χ3n) is 3.21. The first-order valence-corrected chi connectivity index (χ1v) is 6.57. The van der Waals surface area contributed by atoms with E-state index in [9.17, 15) is 4.79 Å². The van der Waals surface area contributed by atoms with Crippen molar-refractivity contribution in [1.82, 2.24) is 9.55 Å². The number of nitrogens with zero attached hydrogens (tertiary/aromatic N) is 2. The highest BCUT2D eigenvalue weighted by Gasteiger charge is 2.22. The topological polar surface area (TPSA) is 62.6 Å². The van der Waals surface area contributed by atoms with Crippen LogP contribution in [0.4, 0.5) is 0 Å². The molecule has 0 aliphatic carbocycles. The summed E-state index contributed by atoms with van der Waals surface area (Å²) in [5.41, 5.74) is 2.62. The fraction of sp³-hybridized carbons (Fsp3) is 0.429. The molecule has 1 aliphatic heterocycles. The SMILES string of the molecule is CCOC(=O)c1cn(C)c2ccc(C3OCCO3)nc12. The van der Waals surface area contributed by atoms with Gasteiger partial charge in [0.15, 0.2) is 0 Å². The van der Waals surface area contributed by atoms with Gasteiger partial charge < -0.3 is 18.8 Å². The molecular formula is C14H16N2O4. The van der Waals surface area contributed by atoms with Gasteiger partial charge in [0.2, 0.25) is 6.29 Å². The van der Waals surface area contributed by atoms with E-state index in [1.54, 1.807) is 13.1 Å². The molecule has 0 bridgehead atoms. The molecule has 3 heterocycles. The number of carbonyl (C=O) groups is 1. The zero-order valence-electron chi connectivity index (χ0n) is 11.5. The predicted molar refractivity (Wildman–Crippen MR) is 71.3 cm³/mol. The molecule has 0 aromatic carbocycles. The molecule has 3 rings (SSSR count). The number of pyridine rings is 1. The summed E-state index contributed by atoms with van der Waals surface area (Å²) in [6.07, 6.45) is 1.28. The Balaban J connectivity index is 2.06. The highest BCUT2D eigenvalue weighted by Crippen LogP contribution is 2.26. The number of hydrogen-bond donors (Lipinski definition) is 0. The zero-order chi connectivity index (χ0) is 14.1. The minimum Gasteiger partial charge on any atom is -0.462 e. The van der Waals surface area contributed by atoms with Crippen molar-refractivity contribution in [3.8, 4) is 0 Å². The molecule has 1 saturated heterocycles. The Morgan fingerprint density at radius 2 is 2.20 bits per heavy atom. The van der Waals surface area contributed by atoms with Crippen LogP contribution in [0.1, 0.15) is 29.3 Å². The summed E-state index contributed by atoms with van der Waals surface area (Å²) in [6.45, 7) is 3.24. The number of fused-ring (bicyclic) bond motifs is 1. The molecule has 20 heavy (non-hydrogen) atoms. The van der Waals surface area contributed by atoms with E-state index >= 15 is 0 Å². The molecule has 0 radical (unpaired) electrons. The van der Waals surface area contributed by atoms with Gasteiger partial charge in [0.25, 0.3) is 0 Å². The summed E-state index contributed by atoms with van der Waals surface area (Å²) in [5, 5.41) is 0. The minimum absolute atomic E-state index is 0.337. The molecule has 0 atom stereocenters. The van der Waals surface area contributed by atoms with Crippen LogP contribution in [0.5, 0.6) is 0 Å². The fourth-order valence-corrected chi connectivity index (χ4v) is 2.29. The van der Waals surface area contributed by atoms with Gasteiger partial charge in [-0.25, -0.2) is 9.78 Å². The first kappa shape index (κ1) is 13.1. The molecule has 6 nitrogen and oxygen atoms in total. The molecule has 0 amide bonds. The molecular weight excluding hydrogens is 260 g/mol. The van der Waals surface area contributed by atoms with Crippen LogP contribution in [0.25, 0.3) is 11.0 Å². The largest absolute Gasteiger partial charge is 0.462 e. The molecule has 106 valence electrons. The van der Waals surface area contributed by atoms with Crippen molar-refractivity contribution in [3.63, 3.8) is 0 Å². The van der Waals surface area contributed by atoms with E-state index < -0.39 is 6.29 Å². The number of hydrogen-bond acceptors (Lipinski definition) is 5. The number of ether oxygens (including phenoxy) is 3. The van der Waals surface area contributed by atoms with Gasteiger partial charge in [-0.1, -0.05) is 0 Å². The van der Waals surface area contributed by atoms with E-state index in [-0.39, 0.29) is 5.97 Å². The lowest BCUT2D eigenvalue weighted by molar-refractivity contribution is -0.0470. The van der Waals surface area contributed by atoms with E-state index in [4.69, 9.17) is 14.2 Å². The van der Waals surface area contributed by atoms with Gasteiger partial charge in [0.05, 0.1) is 31.0 Å². The molecule has 0 N–H and O–H groups in total. The monoisotopic (exact) mass is 276 g/mol. The van der Waals surface area contributed by atoms with Gasteiger partial charge >= 0.3 is 5.97 Å². The molecule has 1 fully saturated rings. The summed E-state index contributed by atoms with van der Waals surface area (Å²) in [4.78, 5) is 16.5. The maximum absolute atomic E-state index is 12.0. The standard InChI is InChI=1S/C14H16N2O4/c1-3-18-13(17)9-8-16(2)11-5-4-10(15-12(9)11)14-19-6-7-20-14/h4-5,8,14H,3,6-7H2,1-2H3. The fourth-order valence-electron chi connectivity index (χ4n) is 2.29. The first-order chi connectivity index (χ1) is 9.70. The van der Waals surface area contributed by atoms with Gasteiger partial charge in [-0.2, -0.15) is 0 Å². The first-order valence-electron chi connectivity index (χ1n) is 6.57. The molecule has 6 heteroatoms. The Morgan fingerprint density at radius 1 is 1.45 bits per heavy atom. The Labute approximate surface area is 116 Å². The van der Waals surface area contributed by atoms with Crippen LogP contribution in [0.15, 0.2) is 18.3 Å². The highest BCUT2D eigenvalue weighted by molar-refractivity contribution is 6.02. The average Bonchev–Trinajstić information content (AvgIpc) is 3.07. The molecule has 2 aromatic heterocycles. The summed E-state index contributed by atoms with van der Waals surface area (Å²) in [7, 11) is 1.87. The van der Waals surface area contributed by atoms with Gasteiger partial charge in [0, 0.05) is 13.2 Å². The summed E-state index contributed by atoms with van der Waals surface area (Å²) in [5.74, 6) is -0.365. The lowest BCUT2D eigenvalue weighted by Crippen LogP contribution is -2.05. The second-order valence-electron chi connectivity index (χ2n) is 4.55. The molecule has 0 unspecified atom stereocenters. The Kier molecular flexibility index (Phi) is 3.42. The molecule has 0 spiro atoms. The van der Waals surface area contributed by atoms with Crippen LogP contribution in [0.2, 0.25) is 0 Å². The third-order valence-corrected chi connectivity index (χ3v) is 3.21. The zero-order valence-corrected chi connectivity index (χ0v) is 11.5. The normalized spacial score (nSPS) is 15.9. The van der Waals surface area contributed by atoms with Crippen molar-refractivity contribution in [2.75, 3.05) is 19.8 Å².